The minimum absolute atomic E-state index is 0.178. The molecule has 4 heterocycles. The van der Waals surface area contributed by atoms with Crippen LogP contribution in [0.5, 0.6) is 0 Å². The van der Waals surface area contributed by atoms with Crippen molar-refractivity contribution in [3.63, 3.8) is 0 Å². The fourth-order valence-corrected chi connectivity index (χ4v) is 7.50. The highest BCUT2D eigenvalue weighted by Crippen LogP contribution is 2.25. The van der Waals surface area contributed by atoms with Crippen LogP contribution in [0.25, 0.3) is 28.0 Å². The van der Waals surface area contributed by atoms with Gasteiger partial charge in [-0.15, -0.1) is 0 Å². The number of ether oxygens (including phenoxy) is 1. The highest BCUT2D eigenvalue weighted by Gasteiger charge is 2.29. The lowest BCUT2D eigenvalue weighted by molar-refractivity contribution is -0.152. The standard InChI is InChI=1S/C38H34F2N8O6S/c1-47-34-22-41-17-14-28(34)37(50)48(47)25-11-10-24(44-21-25)18-33(38(51)54-26-6-3-2-4-7-26)45-36(49)29-19-31(40)32(20-30(29)39)46-55(52,53)27-12-8-23(9-13-27)35-42-15-5-16-43-35/h5,8-17,19-22,26,33,46H,2-4,6-7,18H2,1H3,(H,45,49)/t33-/m0/s1. The molecular weight excluding hydrogens is 735 g/mol. The van der Waals surface area contributed by atoms with Crippen LogP contribution >= 0.6 is 0 Å². The minimum Gasteiger partial charge on any atom is -0.461 e. The summed E-state index contributed by atoms with van der Waals surface area (Å²) in [5, 5.41) is 2.92. The van der Waals surface area contributed by atoms with Crippen molar-refractivity contribution in [2.24, 2.45) is 7.05 Å². The molecule has 55 heavy (non-hydrogen) atoms. The number of nitrogens with zero attached hydrogens (tertiary/aromatic N) is 6. The van der Waals surface area contributed by atoms with Crippen molar-refractivity contribution >= 4 is 38.5 Å². The summed E-state index contributed by atoms with van der Waals surface area (Å²) in [6, 6.07) is 11.7. The quantitative estimate of drug-likeness (QED) is 0.173. The van der Waals surface area contributed by atoms with Gasteiger partial charge in [-0.2, -0.15) is 0 Å². The third kappa shape index (κ3) is 7.96. The van der Waals surface area contributed by atoms with Crippen LogP contribution in [-0.4, -0.2) is 61.7 Å². The van der Waals surface area contributed by atoms with Crippen molar-refractivity contribution in [1.82, 2.24) is 34.6 Å². The van der Waals surface area contributed by atoms with Crippen molar-refractivity contribution < 1.29 is 31.5 Å². The Hall–Kier alpha value is -6.36. The average Bonchev–Trinajstić information content (AvgIpc) is 3.45. The predicted octanol–water partition coefficient (Wildman–Crippen LogP) is 4.87. The Morgan fingerprint density at radius 2 is 1.67 bits per heavy atom. The topological polar surface area (TPSA) is 180 Å². The first-order valence-electron chi connectivity index (χ1n) is 17.4. The number of anilines is 1. The summed E-state index contributed by atoms with van der Waals surface area (Å²) in [4.78, 5) is 56.5. The van der Waals surface area contributed by atoms with Gasteiger partial charge in [0.15, 0.2) is 5.82 Å². The van der Waals surface area contributed by atoms with E-state index in [0.29, 0.717) is 58.6 Å². The van der Waals surface area contributed by atoms with Crippen LogP contribution < -0.4 is 15.6 Å². The van der Waals surface area contributed by atoms with Crippen molar-refractivity contribution in [3.05, 3.63) is 125 Å². The number of hydrogen-bond acceptors (Lipinski definition) is 10. The van der Waals surface area contributed by atoms with Gasteiger partial charge >= 0.3 is 5.97 Å². The number of sulfonamides is 1. The van der Waals surface area contributed by atoms with Gasteiger partial charge in [-0.1, -0.05) is 6.42 Å². The van der Waals surface area contributed by atoms with Crippen LogP contribution in [0, 0.1) is 11.6 Å². The second-order valence-electron chi connectivity index (χ2n) is 13.0. The van der Waals surface area contributed by atoms with Crippen molar-refractivity contribution in [3.8, 4) is 17.1 Å². The summed E-state index contributed by atoms with van der Waals surface area (Å²) in [6.45, 7) is 0. The van der Waals surface area contributed by atoms with Crippen LogP contribution in [0.15, 0.2) is 101 Å². The number of rotatable bonds is 11. The molecule has 1 atom stereocenters. The van der Waals surface area contributed by atoms with Crippen LogP contribution in [0.3, 0.4) is 0 Å². The van der Waals surface area contributed by atoms with Gasteiger partial charge in [-0.05, 0) is 80.3 Å². The number of aromatic nitrogens is 6. The molecule has 0 radical (unpaired) electrons. The van der Waals surface area contributed by atoms with Crippen LogP contribution in [0.4, 0.5) is 14.5 Å². The molecule has 0 unspecified atom stereocenters. The Bertz CT molecular complexity index is 2540. The van der Waals surface area contributed by atoms with Gasteiger partial charge in [0.1, 0.15) is 23.8 Å². The largest absolute Gasteiger partial charge is 0.461 e. The van der Waals surface area contributed by atoms with Crippen LogP contribution in [0.2, 0.25) is 0 Å². The lowest BCUT2D eigenvalue weighted by Gasteiger charge is -2.25. The highest BCUT2D eigenvalue weighted by molar-refractivity contribution is 7.92. The molecule has 1 amide bonds. The second kappa shape index (κ2) is 15.5. The van der Waals surface area contributed by atoms with Crippen LogP contribution in [-0.2, 0) is 33.0 Å². The van der Waals surface area contributed by atoms with E-state index in [4.69, 9.17) is 4.74 Å². The zero-order valence-corrected chi connectivity index (χ0v) is 30.2. The Morgan fingerprint density at radius 1 is 0.927 bits per heavy atom. The number of aryl methyl sites for hydroxylation is 1. The Morgan fingerprint density at radius 3 is 2.36 bits per heavy atom. The number of esters is 1. The van der Waals surface area contributed by atoms with Gasteiger partial charge in [0.2, 0.25) is 0 Å². The average molecular weight is 769 g/mol. The summed E-state index contributed by atoms with van der Waals surface area (Å²) in [7, 11) is -2.68. The van der Waals surface area contributed by atoms with E-state index in [2.05, 4.69) is 25.3 Å². The van der Waals surface area contributed by atoms with E-state index in [1.54, 1.807) is 42.2 Å². The van der Waals surface area contributed by atoms with Crippen molar-refractivity contribution in [2.45, 2.75) is 55.6 Å². The number of fused-ring (bicyclic) bond motifs is 1. The fourth-order valence-electron chi connectivity index (χ4n) is 6.44. The van der Waals surface area contributed by atoms with E-state index in [-0.39, 0.29) is 23.0 Å². The number of benzene rings is 2. The molecule has 4 aromatic heterocycles. The van der Waals surface area contributed by atoms with Gasteiger partial charge in [0.25, 0.3) is 21.5 Å². The third-order valence-electron chi connectivity index (χ3n) is 9.30. The third-order valence-corrected chi connectivity index (χ3v) is 10.7. The van der Waals surface area contributed by atoms with Crippen molar-refractivity contribution in [1.29, 1.82) is 0 Å². The molecule has 7 rings (SSSR count). The van der Waals surface area contributed by atoms with E-state index in [9.17, 15) is 22.8 Å². The molecule has 2 N–H and O–H groups in total. The first-order valence-corrected chi connectivity index (χ1v) is 18.8. The van der Waals surface area contributed by atoms with E-state index < -0.39 is 50.8 Å². The number of amides is 1. The maximum Gasteiger partial charge on any atom is 0.329 e. The van der Waals surface area contributed by atoms with E-state index in [1.807, 2.05) is 4.72 Å². The van der Waals surface area contributed by atoms with Gasteiger partial charge in [-0.3, -0.25) is 29.0 Å². The number of carbonyl (C=O) groups excluding carboxylic acids is 2. The molecule has 0 bridgehead atoms. The summed E-state index contributed by atoms with van der Waals surface area (Å²) in [5.41, 5.74) is 0.144. The molecule has 0 aliphatic heterocycles. The van der Waals surface area contributed by atoms with Gasteiger partial charge in [0.05, 0.1) is 45.1 Å². The van der Waals surface area contributed by atoms with E-state index in [0.717, 1.165) is 19.3 Å². The lowest BCUT2D eigenvalue weighted by atomic mass is 9.97. The monoisotopic (exact) mass is 768 g/mol. The molecule has 14 nitrogen and oxygen atoms in total. The number of pyridine rings is 2. The lowest BCUT2D eigenvalue weighted by Crippen LogP contribution is -2.45. The van der Waals surface area contributed by atoms with Crippen LogP contribution in [0.1, 0.15) is 48.2 Å². The summed E-state index contributed by atoms with van der Waals surface area (Å²) < 4.78 is 67.8. The van der Waals surface area contributed by atoms with Crippen molar-refractivity contribution in [2.75, 3.05) is 4.72 Å². The van der Waals surface area contributed by atoms with Gasteiger partial charge < -0.3 is 10.1 Å². The Balaban J connectivity index is 1.09. The summed E-state index contributed by atoms with van der Waals surface area (Å²) >= 11 is 0. The predicted molar refractivity (Wildman–Crippen MR) is 197 cm³/mol. The molecule has 0 spiro atoms. The smallest absolute Gasteiger partial charge is 0.329 e. The highest BCUT2D eigenvalue weighted by atomic mass is 32.2. The maximum atomic E-state index is 15.5. The normalized spacial score (nSPS) is 14.0. The van der Waals surface area contributed by atoms with Gasteiger partial charge in [0, 0.05) is 49.4 Å². The Labute approximate surface area is 313 Å². The summed E-state index contributed by atoms with van der Waals surface area (Å²) in [5.74, 6) is -4.03. The molecule has 1 saturated carbocycles. The fraction of sp³-hybridized carbons (Fsp3) is 0.237. The molecule has 1 aliphatic rings. The molecule has 282 valence electrons. The van der Waals surface area contributed by atoms with Gasteiger partial charge in [-0.25, -0.2) is 36.6 Å². The summed E-state index contributed by atoms with van der Waals surface area (Å²) in [6.07, 6.45) is 11.1. The molecule has 0 saturated heterocycles. The molecule has 1 fully saturated rings. The molecule has 2 aromatic carbocycles. The molecule has 17 heteroatoms. The first-order chi connectivity index (χ1) is 26.5. The SMILES string of the molecule is Cn1c2cnccc2c(=O)n1-c1ccc(C[C@H](NC(=O)c2cc(F)c(NS(=O)(=O)c3ccc(-c4ncccn4)cc3)cc2F)C(=O)OC2CCCCC2)nc1. The Kier molecular flexibility index (Phi) is 10.5. The second-order valence-corrected chi connectivity index (χ2v) is 14.7. The molecule has 6 aromatic rings. The molecule has 1 aliphatic carbocycles. The number of halogens is 2. The number of nitrogens with one attached hydrogen (secondary N) is 2. The zero-order valence-electron chi connectivity index (χ0n) is 29.4. The first kappa shape index (κ1) is 37.0. The zero-order chi connectivity index (χ0) is 38.7. The van der Waals surface area contributed by atoms with E-state index >= 15 is 8.78 Å². The number of carbonyl (C=O) groups is 2. The number of hydrogen-bond donors (Lipinski definition) is 2. The maximum absolute atomic E-state index is 15.5. The minimum atomic E-state index is -4.39. The van der Waals surface area contributed by atoms with E-state index in [1.165, 1.54) is 53.7 Å². The molecular formula is C38H34F2N8O6S.